The molecule has 5 fully saturated rings. The van der Waals surface area contributed by atoms with Crippen LogP contribution in [-0.4, -0.2) is 37.2 Å². The topological polar surface area (TPSA) is 12.5 Å². The van der Waals surface area contributed by atoms with Crippen LogP contribution in [0.4, 0.5) is 0 Å². The zero-order valence-electron chi connectivity index (χ0n) is 18.0. The Morgan fingerprint density at radius 3 is 2.56 bits per heavy atom. The summed E-state index contributed by atoms with van der Waals surface area (Å²) in [6.07, 6.45) is 15.8. The van der Waals surface area contributed by atoms with Crippen molar-refractivity contribution in [2.75, 3.05) is 26.3 Å². The van der Waals surface area contributed by atoms with Gasteiger partial charge in [0.15, 0.2) is 0 Å². The summed E-state index contributed by atoms with van der Waals surface area (Å²) in [7, 11) is 0. The maximum Gasteiger partial charge on any atom is 0.0594 e. The summed E-state index contributed by atoms with van der Waals surface area (Å²) in [5.41, 5.74) is 2.98. The second kappa shape index (κ2) is 6.87. The van der Waals surface area contributed by atoms with Crippen molar-refractivity contribution in [3.8, 4) is 0 Å². The molecule has 4 unspecified atom stereocenters. The van der Waals surface area contributed by atoms with Gasteiger partial charge in [-0.05, 0) is 99.2 Å². The molecule has 0 amide bonds. The lowest BCUT2D eigenvalue weighted by molar-refractivity contribution is -0.115. The smallest absolute Gasteiger partial charge is 0.0594 e. The number of ether oxygens (including phenoxy) is 1. The van der Waals surface area contributed by atoms with Gasteiger partial charge in [0.1, 0.15) is 0 Å². The van der Waals surface area contributed by atoms with E-state index in [9.17, 15) is 0 Å². The molecule has 0 N–H and O–H groups in total. The highest BCUT2D eigenvalue weighted by atomic mass is 16.5. The van der Waals surface area contributed by atoms with Crippen LogP contribution in [0, 0.1) is 34.5 Å². The van der Waals surface area contributed by atoms with Crippen molar-refractivity contribution < 1.29 is 4.74 Å². The molecule has 1 heterocycles. The monoisotopic (exact) mass is 371 g/mol. The minimum Gasteiger partial charge on any atom is -0.379 e. The van der Waals surface area contributed by atoms with Crippen LogP contribution in [-0.2, 0) is 4.74 Å². The number of morpholine rings is 1. The fourth-order valence-corrected chi connectivity index (χ4v) is 8.83. The lowest BCUT2D eigenvalue weighted by Gasteiger charge is -2.61. The number of hydrogen-bond acceptors (Lipinski definition) is 2. The molecular weight excluding hydrogens is 330 g/mol. The van der Waals surface area contributed by atoms with Crippen molar-refractivity contribution in [3.63, 3.8) is 0 Å². The van der Waals surface area contributed by atoms with E-state index in [1.165, 1.54) is 70.9 Å². The Kier molecular flexibility index (Phi) is 4.75. The van der Waals surface area contributed by atoms with E-state index in [1.807, 2.05) is 0 Å². The molecule has 4 saturated carbocycles. The number of hydrogen-bond donors (Lipinski definition) is 0. The van der Waals surface area contributed by atoms with Crippen LogP contribution < -0.4 is 0 Å². The van der Waals surface area contributed by atoms with Gasteiger partial charge in [0, 0.05) is 19.1 Å². The zero-order valence-corrected chi connectivity index (χ0v) is 18.0. The molecule has 0 aromatic carbocycles. The number of nitrogens with zero attached hydrogens (tertiary/aromatic N) is 1. The lowest BCUT2D eigenvalue weighted by atomic mass is 9.45. The van der Waals surface area contributed by atoms with Crippen LogP contribution >= 0.6 is 0 Å². The van der Waals surface area contributed by atoms with Gasteiger partial charge in [-0.25, -0.2) is 0 Å². The molecular formula is C25H41NO. The minimum absolute atomic E-state index is 0.546. The van der Waals surface area contributed by atoms with Crippen molar-refractivity contribution in [1.29, 1.82) is 0 Å². The Morgan fingerprint density at radius 2 is 1.78 bits per heavy atom. The van der Waals surface area contributed by atoms with E-state index >= 15 is 0 Å². The van der Waals surface area contributed by atoms with Crippen molar-refractivity contribution in [3.05, 3.63) is 11.6 Å². The van der Waals surface area contributed by atoms with Crippen LogP contribution in [0.1, 0.15) is 78.6 Å². The molecule has 7 atom stereocenters. The Morgan fingerprint density at radius 1 is 0.963 bits per heavy atom. The first-order valence-corrected chi connectivity index (χ1v) is 12.0. The van der Waals surface area contributed by atoms with Crippen molar-refractivity contribution >= 4 is 0 Å². The average molecular weight is 372 g/mol. The quantitative estimate of drug-likeness (QED) is 0.550. The zero-order chi connectivity index (χ0) is 18.6. The Labute approximate surface area is 167 Å². The molecule has 152 valence electrons. The van der Waals surface area contributed by atoms with Crippen molar-refractivity contribution in [2.45, 2.75) is 84.6 Å². The van der Waals surface area contributed by atoms with Crippen molar-refractivity contribution in [1.82, 2.24) is 4.90 Å². The normalized spacial score (nSPS) is 52.3. The highest BCUT2D eigenvalue weighted by molar-refractivity contribution is 5.23. The van der Waals surface area contributed by atoms with E-state index < -0.39 is 0 Å². The van der Waals surface area contributed by atoms with Gasteiger partial charge >= 0.3 is 0 Å². The molecule has 2 nitrogen and oxygen atoms in total. The van der Waals surface area contributed by atoms with E-state index in [0.717, 1.165) is 42.9 Å². The van der Waals surface area contributed by atoms with Crippen LogP contribution in [0.5, 0.6) is 0 Å². The van der Waals surface area contributed by atoms with Crippen LogP contribution in [0.15, 0.2) is 11.6 Å². The molecule has 0 spiro atoms. The summed E-state index contributed by atoms with van der Waals surface area (Å²) in [6, 6.07) is 0.846. The van der Waals surface area contributed by atoms with E-state index in [-0.39, 0.29) is 0 Å². The van der Waals surface area contributed by atoms with Gasteiger partial charge < -0.3 is 4.74 Å². The first-order chi connectivity index (χ1) is 13.1. The number of rotatable bonds is 1. The van der Waals surface area contributed by atoms with Gasteiger partial charge in [-0.1, -0.05) is 25.5 Å². The Bertz CT molecular complexity index is 593. The van der Waals surface area contributed by atoms with Gasteiger partial charge in [-0.3, -0.25) is 4.90 Å². The Balaban J connectivity index is 1.34. The van der Waals surface area contributed by atoms with Gasteiger partial charge in [0.25, 0.3) is 0 Å². The predicted octanol–water partition coefficient (Wildman–Crippen LogP) is 5.68. The predicted molar refractivity (Wildman–Crippen MR) is 112 cm³/mol. The van der Waals surface area contributed by atoms with Crippen molar-refractivity contribution in [2.24, 2.45) is 34.5 Å². The number of fused-ring (bicyclic) bond motifs is 5. The molecule has 0 bridgehead atoms. The fourth-order valence-electron chi connectivity index (χ4n) is 8.83. The summed E-state index contributed by atoms with van der Waals surface area (Å²) in [5, 5.41) is 0. The molecule has 0 aromatic rings. The van der Waals surface area contributed by atoms with E-state index in [0.29, 0.717) is 10.8 Å². The fraction of sp³-hybridized carbons (Fsp3) is 0.920. The van der Waals surface area contributed by atoms with Gasteiger partial charge in [-0.15, -0.1) is 0 Å². The molecule has 2 heteroatoms. The highest BCUT2D eigenvalue weighted by Crippen LogP contribution is 2.67. The summed E-state index contributed by atoms with van der Waals surface area (Å²) >= 11 is 0. The summed E-state index contributed by atoms with van der Waals surface area (Å²) < 4.78 is 5.61. The maximum atomic E-state index is 5.61. The third kappa shape index (κ3) is 2.80. The molecule has 1 aliphatic heterocycles. The van der Waals surface area contributed by atoms with E-state index in [1.54, 1.807) is 5.57 Å². The highest BCUT2D eigenvalue weighted by Gasteiger charge is 2.59. The summed E-state index contributed by atoms with van der Waals surface area (Å²) in [6.45, 7) is 11.9. The van der Waals surface area contributed by atoms with E-state index in [2.05, 4.69) is 31.7 Å². The average Bonchev–Trinajstić information content (AvgIpc) is 3.04. The first kappa shape index (κ1) is 18.7. The maximum absolute atomic E-state index is 5.61. The molecule has 1 saturated heterocycles. The largest absolute Gasteiger partial charge is 0.379 e. The summed E-state index contributed by atoms with van der Waals surface area (Å²) in [4.78, 5) is 2.77. The van der Waals surface area contributed by atoms with E-state index in [4.69, 9.17) is 4.74 Å². The minimum atomic E-state index is 0.546. The third-order valence-electron chi connectivity index (χ3n) is 10.4. The second-order valence-corrected chi connectivity index (χ2v) is 11.0. The molecule has 0 radical (unpaired) electrons. The Hall–Kier alpha value is -0.340. The lowest BCUT2D eigenvalue weighted by Crippen LogP contribution is -2.55. The van der Waals surface area contributed by atoms with Crippen LogP contribution in [0.2, 0.25) is 0 Å². The molecule has 27 heavy (non-hydrogen) atoms. The second-order valence-electron chi connectivity index (χ2n) is 11.0. The SMILES string of the molecule is C/C=C1/CCC2C3CCC4C[C@@H](N5CCOCC5)CC[C@]4(C)C3CC[C@]12C. The van der Waals surface area contributed by atoms with Gasteiger partial charge in [-0.2, -0.15) is 0 Å². The van der Waals surface area contributed by atoms with Crippen LogP contribution in [0.25, 0.3) is 0 Å². The summed E-state index contributed by atoms with van der Waals surface area (Å²) in [5.74, 6) is 3.99. The number of allylic oxidation sites excluding steroid dienone is 2. The molecule has 5 rings (SSSR count). The molecule has 5 aliphatic rings. The first-order valence-electron chi connectivity index (χ1n) is 12.0. The molecule has 4 aliphatic carbocycles. The van der Waals surface area contributed by atoms with Gasteiger partial charge in [0.2, 0.25) is 0 Å². The van der Waals surface area contributed by atoms with Gasteiger partial charge in [0.05, 0.1) is 13.2 Å². The third-order valence-corrected chi connectivity index (χ3v) is 10.4. The standard InChI is InChI=1S/C25H41NO/c1-4-18-6-8-22-21-7-5-19-17-20(26-13-15-27-16-14-26)9-11-25(19,3)23(21)10-12-24(18,22)2/h4,19-23H,5-17H2,1-3H3/b18-4-/t19?,20-,21?,22?,23?,24+,25-/m0/s1. The molecule has 0 aromatic heterocycles. The van der Waals surface area contributed by atoms with Crippen LogP contribution in [0.3, 0.4) is 0 Å².